The monoisotopic (exact) mass is 273 g/mol. The van der Waals surface area contributed by atoms with E-state index in [0.717, 1.165) is 16.8 Å². The van der Waals surface area contributed by atoms with Gasteiger partial charge in [0.25, 0.3) is 0 Å². The summed E-state index contributed by atoms with van der Waals surface area (Å²) in [5, 5.41) is 9.78. The number of methoxy groups -OCH3 is 1. The van der Waals surface area contributed by atoms with Crippen molar-refractivity contribution >= 4 is 0 Å². The van der Waals surface area contributed by atoms with Crippen LogP contribution in [0, 0.1) is 6.92 Å². The molecular weight excluding hydrogens is 254 g/mol. The van der Waals surface area contributed by atoms with Crippen LogP contribution in [0.5, 0.6) is 11.5 Å². The minimum atomic E-state index is -0.597. The molecular formula is C16H19NO3. The van der Waals surface area contributed by atoms with Crippen LogP contribution in [-0.4, -0.2) is 17.2 Å². The van der Waals surface area contributed by atoms with Crippen LogP contribution >= 0.6 is 0 Å². The van der Waals surface area contributed by atoms with E-state index in [4.69, 9.17) is 9.47 Å². The smallest absolute Gasteiger partial charge is 0.130 e. The Morgan fingerprint density at radius 3 is 2.75 bits per heavy atom. The van der Waals surface area contributed by atoms with Crippen LogP contribution in [0.25, 0.3) is 0 Å². The second kappa shape index (κ2) is 6.39. The maximum atomic E-state index is 9.78. The zero-order valence-corrected chi connectivity index (χ0v) is 12.0. The molecule has 0 radical (unpaired) electrons. The molecule has 0 saturated heterocycles. The summed E-state index contributed by atoms with van der Waals surface area (Å²) in [4.78, 5) is 4.29. The zero-order chi connectivity index (χ0) is 14.5. The van der Waals surface area contributed by atoms with Gasteiger partial charge in [-0.25, -0.2) is 0 Å². The quantitative estimate of drug-likeness (QED) is 0.909. The Hall–Kier alpha value is -2.07. The van der Waals surface area contributed by atoms with Gasteiger partial charge in [0.05, 0.1) is 18.9 Å². The summed E-state index contributed by atoms with van der Waals surface area (Å²) in [5.74, 6) is 1.31. The highest BCUT2D eigenvalue weighted by Crippen LogP contribution is 2.30. The minimum Gasteiger partial charge on any atom is -0.497 e. The summed E-state index contributed by atoms with van der Waals surface area (Å²) in [5.41, 5.74) is 2.69. The highest BCUT2D eigenvalue weighted by Gasteiger charge is 2.11. The Balaban J connectivity index is 2.21. The molecule has 0 spiro atoms. The number of benzene rings is 1. The third-order valence-electron chi connectivity index (χ3n) is 3.15. The molecule has 0 bridgehead atoms. The molecule has 20 heavy (non-hydrogen) atoms. The SMILES string of the molecule is COc1ccc([C@@H](C)O)c(OCc2ncccc2C)c1. The van der Waals surface area contributed by atoms with Gasteiger partial charge in [0.15, 0.2) is 0 Å². The van der Waals surface area contributed by atoms with E-state index in [-0.39, 0.29) is 0 Å². The lowest BCUT2D eigenvalue weighted by atomic mass is 10.1. The zero-order valence-electron chi connectivity index (χ0n) is 12.0. The number of aromatic nitrogens is 1. The first kappa shape index (κ1) is 14.3. The topological polar surface area (TPSA) is 51.6 Å². The normalized spacial score (nSPS) is 12.0. The van der Waals surface area contributed by atoms with Crippen molar-refractivity contribution in [1.82, 2.24) is 4.98 Å². The van der Waals surface area contributed by atoms with Crippen molar-refractivity contribution in [1.29, 1.82) is 0 Å². The largest absolute Gasteiger partial charge is 0.497 e. The molecule has 1 atom stereocenters. The number of hydrogen-bond donors (Lipinski definition) is 1. The Morgan fingerprint density at radius 2 is 2.10 bits per heavy atom. The molecule has 2 rings (SSSR count). The number of hydrogen-bond acceptors (Lipinski definition) is 4. The Labute approximate surface area is 119 Å². The first-order chi connectivity index (χ1) is 9.61. The Kier molecular flexibility index (Phi) is 4.58. The van der Waals surface area contributed by atoms with E-state index in [1.54, 1.807) is 32.4 Å². The molecule has 0 aliphatic carbocycles. The Bertz CT molecular complexity index is 582. The van der Waals surface area contributed by atoms with Crippen LogP contribution in [-0.2, 0) is 6.61 Å². The third kappa shape index (κ3) is 3.27. The van der Waals surface area contributed by atoms with Gasteiger partial charge in [0.1, 0.15) is 18.1 Å². The number of aliphatic hydroxyl groups is 1. The first-order valence-corrected chi connectivity index (χ1v) is 6.51. The van der Waals surface area contributed by atoms with E-state index in [0.29, 0.717) is 18.1 Å². The second-order valence-corrected chi connectivity index (χ2v) is 4.64. The molecule has 0 fully saturated rings. The molecule has 0 aliphatic rings. The van der Waals surface area contributed by atoms with Gasteiger partial charge in [-0.05, 0) is 37.6 Å². The van der Waals surface area contributed by atoms with Crippen molar-refractivity contribution in [2.75, 3.05) is 7.11 Å². The van der Waals surface area contributed by atoms with Gasteiger partial charge in [-0.2, -0.15) is 0 Å². The fraction of sp³-hybridized carbons (Fsp3) is 0.312. The van der Waals surface area contributed by atoms with E-state index in [1.165, 1.54) is 0 Å². The fourth-order valence-corrected chi connectivity index (χ4v) is 1.93. The number of ether oxygens (including phenoxy) is 2. The molecule has 1 aromatic heterocycles. The van der Waals surface area contributed by atoms with Crippen LogP contribution in [0.2, 0.25) is 0 Å². The molecule has 0 amide bonds. The van der Waals surface area contributed by atoms with Crippen molar-refractivity contribution in [3.8, 4) is 11.5 Å². The van der Waals surface area contributed by atoms with Crippen molar-refractivity contribution in [3.63, 3.8) is 0 Å². The summed E-state index contributed by atoms with van der Waals surface area (Å²) < 4.78 is 11.0. The average Bonchev–Trinajstić information content (AvgIpc) is 2.46. The van der Waals surface area contributed by atoms with Crippen LogP contribution in [0.1, 0.15) is 29.8 Å². The number of rotatable bonds is 5. The molecule has 1 aromatic carbocycles. The predicted molar refractivity (Wildman–Crippen MR) is 76.9 cm³/mol. The molecule has 1 heterocycles. The van der Waals surface area contributed by atoms with Crippen LogP contribution in [0.4, 0.5) is 0 Å². The van der Waals surface area contributed by atoms with Gasteiger partial charge in [0.2, 0.25) is 0 Å². The van der Waals surface area contributed by atoms with Crippen LogP contribution in [0.3, 0.4) is 0 Å². The molecule has 0 unspecified atom stereocenters. The van der Waals surface area contributed by atoms with E-state index in [2.05, 4.69) is 4.98 Å². The summed E-state index contributed by atoms with van der Waals surface area (Å²) in [6.07, 6.45) is 1.15. The maximum Gasteiger partial charge on any atom is 0.130 e. The summed E-state index contributed by atoms with van der Waals surface area (Å²) in [6, 6.07) is 9.28. The lowest BCUT2D eigenvalue weighted by Gasteiger charge is -2.15. The lowest BCUT2D eigenvalue weighted by Crippen LogP contribution is -2.04. The van der Waals surface area contributed by atoms with Gasteiger partial charge >= 0.3 is 0 Å². The van der Waals surface area contributed by atoms with Gasteiger partial charge in [0, 0.05) is 17.8 Å². The summed E-state index contributed by atoms with van der Waals surface area (Å²) in [6.45, 7) is 4.06. The number of aliphatic hydroxyl groups excluding tert-OH is 1. The minimum absolute atomic E-state index is 0.361. The van der Waals surface area contributed by atoms with E-state index in [1.807, 2.05) is 25.1 Å². The first-order valence-electron chi connectivity index (χ1n) is 6.51. The number of pyridine rings is 1. The standard InChI is InChI=1S/C16H19NO3/c1-11-5-4-8-17-15(11)10-20-16-9-13(19-3)6-7-14(16)12(2)18/h4-9,12,18H,10H2,1-3H3/t12-/m1/s1. The van der Waals surface area contributed by atoms with Crippen LogP contribution in [0.15, 0.2) is 36.5 Å². The van der Waals surface area contributed by atoms with Crippen molar-refractivity contribution < 1.29 is 14.6 Å². The van der Waals surface area contributed by atoms with E-state index in [9.17, 15) is 5.11 Å². The second-order valence-electron chi connectivity index (χ2n) is 4.64. The fourth-order valence-electron chi connectivity index (χ4n) is 1.93. The maximum absolute atomic E-state index is 9.78. The molecule has 4 nitrogen and oxygen atoms in total. The molecule has 4 heteroatoms. The van der Waals surface area contributed by atoms with E-state index < -0.39 is 6.10 Å². The summed E-state index contributed by atoms with van der Waals surface area (Å²) >= 11 is 0. The van der Waals surface area contributed by atoms with Gasteiger partial charge in [-0.15, -0.1) is 0 Å². The van der Waals surface area contributed by atoms with Gasteiger partial charge < -0.3 is 14.6 Å². The third-order valence-corrected chi connectivity index (χ3v) is 3.15. The van der Waals surface area contributed by atoms with Crippen molar-refractivity contribution in [2.45, 2.75) is 26.6 Å². The summed E-state index contributed by atoms with van der Waals surface area (Å²) in [7, 11) is 1.60. The molecule has 106 valence electrons. The predicted octanol–water partition coefficient (Wildman–Crippen LogP) is 3.03. The molecule has 0 aliphatic heterocycles. The van der Waals surface area contributed by atoms with Crippen molar-refractivity contribution in [2.24, 2.45) is 0 Å². The molecule has 2 aromatic rings. The molecule has 0 saturated carbocycles. The Morgan fingerprint density at radius 1 is 1.30 bits per heavy atom. The highest BCUT2D eigenvalue weighted by molar-refractivity contribution is 5.42. The highest BCUT2D eigenvalue weighted by atomic mass is 16.5. The number of aryl methyl sites for hydroxylation is 1. The number of nitrogens with zero attached hydrogens (tertiary/aromatic N) is 1. The van der Waals surface area contributed by atoms with Crippen LogP contribution < -0.4 is 9.47 Å². The lowest BCUT2D eigenvalue weighted by molar-refractivity contribution is 0.189. The van der Waals surface area contributed by atoms with Crippen molar-refractivity contribution in [3.05, 3.63) is 53.3 Å². The average molecular weight is 273 g/mol. The van der Waals surface area contributed by atoms with E-state index >= 15 is 0 Å². The molecule has 1 N–H and O–H groups in total. The van der Waals surface area contributed by atoms with Gasteiger partial charge in [-0.1, -0.05) is 6.07 Å². The van der Waals surface area contributed by atoms with Gasteiger partial charge in [-0.3, -0.25) is 4.98 Å².